The van der Waals surface area contributed by atoms with E-state index in [0.717, 1.165) is 18.7 Å². The van der Waals surface area contributed by atoms with Crippen LogP contribution in [0.1, 0.15) is 58.1 Å². The van der Waals surface area contributed by atoms with E-state index in [1.165, 1.54) is 24.9 Å². The molecular weight excluding hydrogens is 314 g/mol. The zero-order valence-corrected chi connectivity index (χ0v) is 14.1. The summed E-state index contributed by atoms with van der Waals surface area (Å²) >= 11 is 0. The Kier molecular flexibility index (Phi) is 4.26. The zero-order chi connectivity index (χ0) is 17.2. The van der Waals surface area contributed by atoms with Crippen LogP contribution < -0.4 is 4.90 Å². The van der Waals surface area contributed by atoms with Gasteiger partial charge in [-0.3, -0.25) is 4.79 Å². The first-order valence-corrected chi connectivity index (χ1v) is 8.90. The lowest BCUT2D eigenvalue weighted by atomic mass is 9.98. The Labute approximate surface area is 147 Å². The normalized spacial score (nSPS) is 19.4. The summed E-state index contributed by atoms with van der Waals surface area (Å²) in [5, 5.41) is 0. The van der Waals surface area contributed by atoms with Crippen LogP contribution in [0.4, 0.5) is 5.69 Å². The molecule has 0 aromatic heterocycles. The van der Waals surface area contributed by atoms with Gasteiger partial charge in [0.25, 0.3) is 0 Å². The maximum Gasteiger partial charge on any atom is 0.339 e. The number of ether oxygens (including phenoxy) is 1. The number of rotatable bonds is 4. The predicted octanol–water partition coefficient (Wildman–Crippen LogP) is 4.16. The van der Waals surface area contributed by atoms with Crippen LogP contribution in [0.5, 0.6) is 0 Å². The van der Waals surface area contributed by atoms with Crippen LogP contribution in [-0.2, 0) is 4.74 Å². The van der Waals surface area contributed by atoms with Gasteiger partial charge in [-0.2, -0.15) is 0 Å². The van der Waals surface area contributed by atoms with E-state index in [0.29, 0.717) is 11.1 Å². The van der Waals surface area contributed by atoms with Gasteiger partial charge in [-0.1, -0.05) is 18.2 Å². The lowest BCUT2D eigenvalue weighted by Crippen LogP contribution is -2.29. The van der Waals surface area contributed by atoms with E-state index in [1.54, 1.807) is 6.07 Å². The van der Waals surface area contributed by atoms with Gasteiger partial charge < -0.3 is 9.64 Å². The van der Waals surface area contributed by atoms with E-state index in [4.69, 9.17) is 4.74 Å². The molecule has 2 aliphatic heterocycles. The summed E-state index contributed by atoms with van der Waals surface area (Å²) < 4.78 is 5.37. The van der Waals surface area contributed by atoms with Gasteiger partial charge in [0.05, 0.1) is 12.0 Å². The molecule has 2 aliphatic rings. The van der Waals surface area contributed by atoms with Crippen LogP contribution >= 0.6 is 0 Å². The molecule has 2 aromatic carbocycles. The molecule has 0 bridgehead atoms. The highest BCUT2D eigenvalue weighted by Crippen LogP contribution is 2.33. The van der Waals surface area contributed by atoms with Crippen molar-refractivity contribution in [3.63, 3.8) is 0 Å². The molecule has 0 aliphatic carbocycles. The molecule has 0 N–H and O–H groups in total. The number of fused-ring (bicyclic) bond motifs is 1. The highest BCUT2D eigenvalue weighted by Gasteiger charge is 2.32. The second-order valence-corrected chi connectivity index (χ2v) is 6.70. The minimum absolute atomic E-state index is 0.000280. The predicted molar refractivity (Wildman–Crippen MR) is 96.1 cm³/mol. The topological polar surface area (TPSA) is 46.6 Å². The molecule has 25 heavy (non-hydrogen) atoms. The first-order valence-electron chi connectivity index (χ1n) is 8.90. The van der Waals surface area contributed by atoms with Crippen molar-refractivity contribution in [1.29, 1.82) is 0 Å². The summed E-state index contributed by atoms with van der Waals surface area (Å²) in [6.07, 6.45) is 3.47. The molecule has 2 heterocycles. The molecule has 4 heteroatoms. The Hall–Kier alpha value is -2.62. The Balaban J connectivity index is 1.46. The summed E-state index contributed by atoms with van der Waals surface area (Å²) in [6.45, 7) is 2.17. The number of piperidine rings is 1. The quantitative estimate of drug-likeness (QED) is 0.622. The lowest BCUT2D eigenvalue weighted by molar-refractivity contribution is 0.0367. The van der Waals surface area contributed by atoms with Gasteiger partial charge in [-0.05, 0) is 49.6 Å². The number of cyclic esters (lactones) is 1. The largest absolute Gasteiger partial charge is 0.453 e. The van der Waals surface area contributed by atoms with Gasteiger partial charge in [0.1, 0.15) is 6.10 Å². The smallest absolute Gasteiger partial charge is 0.339 e. The van der Waals surface area contributed by atoms with Crippen LogP contribution in [0, 0.1) is 0 Å². The van der Waals surface area contributed by atoms with Gasteiger partial charge >= 0.3 is 5.97 Å². The van der Waals surface area contributed by atoms with Crippen molar-refractivity contribution >= 4 is 17.4 Å². The standard InChI is InChI=1S/C21H21NO3/c23-19(14-20-17-6-2-3-7-18(17)21(24)25-20)15-8-10-16(11-9-15)22-12-4-1-5-13-22/h2-3,6-11,20H,1,4-5,12-14H2. The average molecular weight is 335 g/mol. The second-order valence-electron chi connectivity index (χ2n) is 6.70. The number of hydrogen-bond acceptors (Lipinski definition) is 4. The number of carbonyl (C=O) groups excluding carboxylic acids is 2. The Morgan fingerprint density at radius 2 is 1.72 bits per heavy atom. The van der Waals surface area contributed by atoms with E-state index in [9.17, 15) is 9.59 Å². The highest BCUT2D eigenvalue weighted by atomic mass is 16.5. The maximum atomic E-state index is 12.6. The summed E-state index contributed by atoms with van der Waals surface area (Å²) in [5.74, 6) is -0.339. The number of ketones is 1. The average Bonchev–Trinajstić information content (AvgIpc) is 2.98. The minimum Gasteiger partial charge on any atom is -0.453 e. The number of carbonyl (C=O) groups is 2. The van der Waals surface area contributed by atoms with E-state index in [-0.39, 0.29) is 18.2 Å². The van der Waals surface area contributed by atoms with E-state index >= 15 is 0 Å². The number of Topliss-reactive ketones (excluding diaryl/α,β-unsaturated/α-hetero) is 1. The molecule has 1 saturated heterocycles. The van der Waals surface area contributed by atoms with Crippen molar-refractivity contribution in [2.24, 2.45) is 0 Å². The third-order valence-corrected chi connectivity index (χ3v) is 5.06. The summed E-state index contributed by atoms with van der Waals surface area (Å²) in [4.78, 5) is 26.8. The summed E-state index contributed by atoms with van der Waals surface area (Å²) in [5.41, 5.74) is 3.22. The number of esters is 1. The second kappa shape index (κ2) is 6.71. The van der Waals surface area contributed by atoms with Crippen LogP contribution in [0.25, 0.3) is 0 Å². The molecule has 0 spiro atoms. The van der Waals surface area contributed by atoms with Crippen LogP contribution in [-0.4, -0.2) is 24.8 Å². The summed E-state index contributed by atoms with van der Waals surface area (Å²) in [7, 11) is 0. The van der Waals surface area contributed by atoms with Crippen molar-refractivity contribution in [1.82, 2.24) is 0 Å². The Morgan fingerprint density at radius 3 is 2.48 bits per heavy atom. The van der Waals surface area contributed by atoms with Crippen molar-refractivity contribution < 1.29 is 14.3 Å². The van der Waals surface area contributed by atoms with Gasteiger partial charge in [0.15, 0.2) is 5.78 Å². The molecular formula is C21H21NO3. The summed E-state index contributed by atoms with van der Waals surface area (Å²) in [6, 6.07) is 15.1. The number of nitrogens with zero attached hydrogens (tertiary/aromatic N) is 1. The SMILES string of the molecule is O=C(CC1OC(=O)c2ccccc21)c1ccc(N2CCCCC2)cc1. The number of anilines is 1. The van der Waals surface area contributed by atoms with Gasteiger partial charge in [-0.25, -0.2) is 4.79 Å². The molecule has 4 nitrogen and oxygen atoms in total. The highest BCUT2D eigenvalue weighted by molar-refractivity contribution is 5.99. The van der Waals surface area contributed by atoms with Gasteiger partial charge in [0.2, 0.25) is 0 Å². The van der Waals surface area contributed by atoms with E-state index < -0.39 is 6.10 Å². The number of hydrogen-bond donors (Lipinski definition) is 0. The zero-order valence-electron chi connectivity index (χ0n) is 14.1. The number of benzene rings is 2. The monoisotopic (exact) mass is 335 g/mol. The maximum absolute atomic E-state index is 12.6. The van der Waals surface area contributed by atoms with E-state index in [2.05, 4.69) is 4.90 Å². The third kappa shape index (κ3) is 3.16. The fourth-order valence-corrected chi connectivity index (χ4v) is 3.67. The lowest BCUT2D eigenvalue weighted by Gasteiger charge is -2.28. The molecule has 128 valence electrons. The first kappa shape index (κ1) is 15.9. The van der Waals surface area contributed by atoms with Gasteiger partial charge in [0, 0.05) is 29.9 Å². The molecule has 2 aromatic rings. The molecule has 0 amide bonds. The van der Waals surface area contributed by atoms with Crippen LogP contribution in [0.3, 0.4) is 0 Å². The van der Waals surface area contributed by atoms with Crippen LogP contribution in [0.2, 0.25) is 0 Å². The molecule has 0 saturated carbocycles. The molecule has 4 rings (SSSR count). The fraction of sp³-hybridized carbons (Fsp3) is 0.333. The van der Waals surface area contributed by atoms with Crippen molar-refractivity contribution in [2.75, 3.05) is 18.0 Å². The van der Waals surface area contributed by atoms with Gasteiger partial charge in [-0.15, -0.1) is 0 Å². The minimum atomic E-state index is -0.474. The third-order valence-electron chi connectivity index (χ3n) is 5.06. The molecule has 0 radical (unpaired) electrons. The van der Waals surface area contributed by atoms with E-state index in [1.807, 2.05) is 42.5 Å². The Morgan fingerprint density at radius 1 is 1.00 bits per heavy atom. The fourth-order valence-electron chi connectivity index (χ4n) is 3.67. The first-order chi connectivity index (χ1) is 12.2. The van der Waals surface area contributed by atoms with Crippen LogP contribution in [0.15, 0.2) is 48.5 Å². The van der Waals surface area contributed by atoms with Crippen molar-refractivity contribution in [3.8, 4) is 0 Å². The van der Waals surface area contributed by atoms with Crippen molar-refractivity contribution in [3.05, 3.63) is 65.2 Å². The molecule has 1 unspecified atom stereocenters. The molecule has 1 fully saturated rings. The Bertz CT molecular complexity index is 791. The van der Waals surface area contributed by atoms with Crippen molar-refractivity contribution in [2.45, 2.75) is 31.8 Å². The molecule has 1 atom stereocenters.